The van der Waals surface area contributed by atoms with Gasteiger partial charge >= 0.3 is 0 Å². The van der Waals surface area contributed by atoms with E-state index in [0.717, 1.165) is 0 Å². The van der Waals surface area contributed by atoms with E-state index in [9.17, 15) is 9.18 Å². The molecule has 0 aliphatic carbocycles. The third kappa shape index (κ3) is 6.51. The van der Waals surface area contributed by atoms with Gasteiger partial charge in [0.2, 0.25) is 5.91 Å². The summed E-state index contributed by atoms with van der Waals surface area (Å²) in [6.45, 7) is 0.926. The zero-order valence-corrected chi connectivity index (χ0v) is 11.0. The normalized spacial score (nSPS) is 9.53. The molecule has 0 unspecified atom stereocenters. The van der Waals surface area contributed by atoms with Crippen LogP contribution in [0.3, 0.4) is 0 Å². The molecule has 0 fully saturated rings. The Hall–Kier alpha value is -0.780. The molecule has 0 aromatic heterocycles. The molecule has 0 aliphatic heterocycles. The van der Waals surface area contributed by atoms with Crippen molar-refractivity contribution in [2.24, 2.45) is 5.73 Å². The molecule has 0 radical (unpaired) electrons. The van der Waals surface area contributed by atoms with Crippen molar-refractivity contribution in [3.05, 3.63) is 30.1 Å². The molecule has 1 amide bonds. The van der Waals surface area contributed by atoms with E-state index in [-0.39, 0.29) is 24.1 Å². The minimum Gasteiger partial charge on any atom is -0.355 e. The molecule has 1 aromatic rings. The van der Waals surface area contributed by atoms with Crippen LogP contribution in [0.15, 0.2) is 29.2 Å². The molecule has 0 heterocycles. The van der Waals surface area contributed by atoms with Gasteiger partial charge in [0.15, 0.2) is 0 Å². The van der Waals surface area contributed by atoms with Crippen molar-refractivity contribution in [1.82, 2.24) is 5.32 Å². The van der Waals surface area contributed by atoms with Crippen LogP contribution < -0.4 is 11.1 Å². The van der Waals surface area contributed by atoms with Gasteiger partial charge in [0.25, 0.3) is 0 Å². The largest absolute Gasteiger partial charge is 0.355 e. The summed E-state index contributed by atoms with van der Waals surface area (Å²) in [7, 11) is 0. The molecule has 0 saturated heterocycles. The topological polar surface area (TPSA) is 55.1 Å². The van der Waals surface area contributed by atoms with E-state index in [0.29, 0.717) is 30.2 Å². The van der Waals surface area contributed by atoms with Gasteiger partial charge in [-0.15, -0.1) is 24.2 Å². The van der Waals surface area contributed by atoms with Gasteiger partial charge in [-0.2, -0.15) is 0 Å². The average molecular weight is 279 g/mol. The van der Waals surface area contributed by atoms with Gasteiger partial charge in [0.05, 0.1) is 0 Å². The highest BCUT2D eigenvalue weighted by Crippen LogP contribution is 2.21. The second kappa shape index (κ2) is 9.27. The molecule has 0 spiro atoms. The van der Waals surface area contributed by atoms with E-state index in [4.69, 9.17) is 5.73 Å². The van der Waals surface area contributed by atoms with E-state index in [1.54, 1.807) is 18.2 Å². The van der Waals surface area contributed by atoms with Crippen LogP contribution in [0.2, 0.25) is 0 Å². The molecule has 0 atom stereocenters. The lowest BCUT2D eigenvalue weighted by Crippen LogP contribution is -2.29. The minimum atomic E-state index is -0.241. The molecule has 0 aliphatic rings. The summed E-state index contributed by atoms with van der Waals surface area (Å²) in [5.41, 5.74) is 5.25. The number of amides is 1. The van der Waals surface area contributed by atoms with Gasteiger partial charge in [-0.1, -0.05) is 12.1 Å². The number of nitrogens with one attached hydrogen (secondary N) is 1. The number of benzene rings is 1. The molecular weight excluding hydrogens is 263 g/mol. The predicted molar refractivity (Wildman–Crippen MR) is 71.1 cm³/mol. The van der Waals surface area contributed by atoms with Crippen molar-refractivity contribution in [2.45, 2.75) is 11.3 Å². The van der Waals surface area contributed by atoms with Crippen LogP contribution in [0, 0.1) is 5.82 Å². The van der Waals surface area contributed by atoms with Crippen molar-refractivity contribution in [1.29, 1.82) is 0 Å². The molecule has 1 aromatic carbocycles. The number of carbonyl (C=O) groups is 1. The van der Waals surface area contributed by atoms with Crippen molar-refractivity contribution >= 4 is 30.1 Å². The zero-order valence-electron chi connectivity index (χ0n) is 9.32. The maximum Gasteiger partial charge on any atom is 0.220 e. The van der Waals surface area contributed by atoms with Crippen LogP contribution in [0.1, 0.15) is 6.42 Å². The molecule has 1 rings (SSSR count). The third-order valence-electron chi connectivity index (χ3n) is 1.89. The number of hydrogen-bond acceptors (Lipinski definition) is 3. The Bertz CT molecular complexity index is 352. The first kappa shape index (κ1) is 16.2. The number of hydrogen-bond donors (Lipinski definition) is 2. The highest BCUT2D eigenvalue weighted by atomic mass is 35.5. The van der Waals surface area contributed by atoms with Crippen LogP contribution in [-0.2, 0) is 4.79 Å². The predicted octanol–water partition coefficient (Wildman–Crippen LogP) is 1.80. The van der Waals surface area contributed by atoms with Crippen LogP contribution >= 0.6 is 24.2 Å². The Labute approximate surface area is 111 Å². The minimum absolute atomic E-state index is 0. The van der Waals surface area contributed by atoms with E-state index < -0.39 is 0 Å². The molecular formula is C11H16ClFN2OS. The summed E-state index contributed by atoms with van der Waals surface area (Å²) in [5.74, 6) is 0.279. The highest BCUT2D eigenvalue weighted by Gasteiger charge is 2.03. The lowest BCUT2D eigenvalue weighted by atomic mass is 10.3. The van der Waals surface area contributed by atoms with Crippen molar-refractivity contribution in [3.63, 3.8) is 0 Å². The second-order valence-electron chi connectivity index (χ2n) is 3.17. The number of thioether (sulfide) groups is 1. The van der Waals surface area contributed by atoms with E-state index in [1.807, 2.05) is 0 Å². The Kier molecular flexibility index (Phi) is 8.85. The fraction of sp³-hybridized carbons (Fsp3) is 0.364. The van der Waals surface area contributed by atoms with Gasteiger partial charge < -0.3 is 11.1 Å². The van der Waals surface area contributed by atoms with E-state index in [1.165, 1.54) is 17.8 Å². The average Bonchev–Trinajstić information content (AvgIpc) is 2.29. The fourth-order valence-corrected chi connectivity index (χ4v) is 2.00. The summed E-state index contributed by atoms with van der Waals surface area (Å²) in [6, 6.07) is 6.54. The Morgan fingerprint density at radius 3 is 2.76 bits per heavy atom. The molecule has 3 nitrogen and oxygen atoms in total. The molecule has 6 heteroatoms. The Morgan fingerprint density at radius 1 is 1.41 bits per heavy atom. The highest BCUT2D eigenvalue weighted by molar-refractivity contribution is 7.99. The number of rotatable bonds is 6. The van der Waals surface area contributed by atoms with Crippen LogP contribution in [0.5, 0.6) is 0 Å². The molecule has 0 saturated carbocycles. The van der Waals surface area contributed by atoms with Gasteiger partial charge in [-0.05, 0) is 12.1 Å². The first-order chi connectivity index (χ1) is 7.74. The van der Waals surface area contributed by atoms with Gasteiger partial charge in [-0.3, -0.25) is 4.79 Å². The maximum atomic E-state index is 13.2. The number of nitrogens with two attached hydrogens (primary N) is 1. The Balaban J connectivity index is 0.00000256. The van der Waals surface area contributed by atoms with Crippen LogP contribution in [-0.4, -0.2) is 24.7 Å². The number of halogens is 2. The van der Waals surface area contributed by atoms with Crippen LogP contribution in [0.25, 0.3) is 0 Å². The second-order valence-corrected chi connectivity index (χ2v) is 4.30. The van der Waals surface area contributed by atoms with E-state index in [2.05, 4.69) is 5.32 Å². The summed E-state index contributed by atoms with van der Waals surface area (Å²) in [6.07, 6.45) is 0.374. The molecule has 3 N–H and O–H groups in total. The van der Waals surface area contributed by atoms with Gasteiger partial charge in [-0.25, -0.2) is 4.39 Å². The zero-order chi connectivity index (χ0) is 11.8. The molecule has 17 heavy (non-hydrogen) atoms. The standard InChI is InChI=1S/C11H15FN2OS.ClH/c12-9-3-1-2-4-10(9)16-8-5-11(15)14-7-6-13;/h1-4H,5-8,13H2,(H,14,15);1H. The van der Waals surface area contributed by atoms with Crippen LogP contribution in [0.4, 0.5) is 4.39 Å². The first-order valence-corrected chi connectivity index (χ1v) is 6.06. The lowest BCUT2D eigenvalue weighted by molar-refractivity contribution is -0.120. The monoisotopic (exact) mass is 278 g/mol. The van der Waals surface area contributed by atoms with Crippen molar-refractivity contribution in [3.8, 4) is 0 Å². The van der Waals surface area contributed by atoms with Crippen molar-refractivity contribution < 1.29 is 9.18 Å². The lowest BCUT2D eigenvalue weighted by Gasteiger charge is -2.04. The Morgan fingerprint density at radius 2 is 2.12 bits per heavy atom. The summed E-state index contributed by atoms with van der Waals surface area (Å²) in [4.78, 5) is 11.8. The van der Waals surface area contributed by atoms with Gasteiger partial charge in [0, 0.05) is 30.2 Å². The fourth-order valence-electron chi connectivity index (χ4n) is 1.12. The van der Waals surface area contributed by atoms with E-state index >= 15 is 0 Å². The van der Waals surface area contributed by atoms with Crippen molar-refractivity contribution in [2.75, 3.05) is 18.8 Å². The molecule has 0 bridgehead atoms. The molecule has 96 valence electrons. The number of carbonyl (C=O) groups excluding carboxylic acids is 1. The van der Waals surface area contributed by atoms with Gasteiger partial charge in [0.1, 0.15) is 5.82 Å². The maximum absolute atomic E-state index is 13.2. The third-order valence-corrected chi connectivity index (χ3v) is 2.94. The summed E-state index contributed by atoms with van der Waals surface area (Å²) in [5, 5.41) is 2.66. The smallest absolute Gasteiger partial charge is 0.220 e. The quantitative estimate of drug-likeness (QED) is 0.781. The SMILES string of the molecule is Cl.NCCNC(=O)CCSc1ccccc1F. The summed E-state index contributed by atoms with van der Waals surface area (Å²) < 4.78 is 13.2. The summed E-state index contributed by atoms with van der Waals surface area (Å²) >= 11 is 1.34. The first-order valence-electron chi connectivity index (χ1n) is 5.08.